The molecule has 2 aromatic carbocycles. The van der Waals surface area contributed by atoms with E-state index in [9.17, 15) is 4.79 Å². The summed E-state index contributed by atoms with van der Waals surface area (Å²) in [6.07, 6.45) is 0.701. The van der Waals surface area contributed by atoms with Crippen molar-refractivity contribution in [2.24, 2.45) is 0 Å². The number of urea groups is 1. The maximum atomic E-state index is 11.7. The third kappa shape index (κ3) is 6.20. The van der Waals surface area contributed by atoms with E-state index in [1.54, 1.807) is 0 Å². The molecule has 2 N–H and O–H groups in total. The highest BCUT2D eigenvalue weighted by molar-refractivity contribution is 6.31. The first kappa shape index (κ1) is 17.2. The van der Waals surface area contributed by atoms with Crippen molar-refractivity contribution in [2.75, 3.05) is 19.7 Å². The minimum atomic E-state index is -0.204. The minimum Gasteiger partial charge on any atom is -0.492 e. The van der Waals surface area contributed by atoms with Crippen LogP contribution < -0.4 is 15.4 Å². The van der Waals surface area contributed by atoms with Crippen LogP contribution in [0.4, 0.5) is 4.79 Å². The average Bonchev–Trinajstić information content (AvgIpc) is 2.53. The highest BCUT2D eigenvalue weighted by Crippen LogP contribution is 2.14. The van der Waals surface area contributed by atoms with E-state index in [1.807, 2.05) is 55.5 Å². The molecular weight excluding hydrogens is 312 g/mol. The Balaban J connectivity index is 1.59. The lowest BCUT2D eigenvalue weighted by Crippen LogP contribution is -2.38. The van der Waals surface area contributed by atoms with Crippen LogP contribution in [0, 0.1) is 6.92 Å². The molecule has 0 aromatic heterocycles. The van der Waals surface area contributed by atoms with Gasteiger partial charge in [0, 0.05) is 11.6 Å². The number of benzene rings is 2. The van der Waals surface area contributed by atoms with Gasteiger partial charge in [-0.3, -0.25) is 0 Å². The summed E-state index contributed by atoms with van der Waals surface area (Å²) in [5.74, 6) is 0.811. The third-order valence-electron chi connectivity index (χ3n) is 3.28. The second-order valence-corrected chi connectivity index (χ2v) is 5.60. The van der Waals surface area contributed by atoms with E-state index in [2.05, 4.69) is 10.6 Å². The van der Waals surface area contributed by atoms with Gasteiger partial charge >= 0.3 is 6.03 Å². The lowest BCUT2D eigenvalue weighted by Gasteiger charge is -2.10. The summed E-state index contributed by atoms with van der Waals surface area (Å²) in [6.45, 7) is 3.43. The van der Waals surface area contributed by atoms with Crippen LogP contribution in [0.1, 0.15) is 11.1 Å². The predicted molar refractivity (Wildman–Crippen MR) is 93.2 cm³/mol. The molecule has 0 aliphatic rings. The Labute approximate surface area is 141 Å². The normalized spacial score (nSPS) is 10.2. The molecule has 0 heterocycles. The van der Waals surface area contributed by atoms with Crippen molar-refractivity contribution in [3.8, 4) is 5.75 Å². The highest BCUT2D eigenvalue weighted by Gasteiger charge is 2.02. The van der Waals surface area contributed by atoms with E-state index in [0.717, 1.165) is 21.9 Å². The lowest BCUT2D eigenvalue weighted by atomic mass is 10.1. The molecule has 4 nitrogen and oxygen atoms in total. The molecule has 0 aliphatic heterocycles. The zero-order valence-electron chi connectivity index (χ0n) is 13.1. The van der Waals surface area contributed by atoms with E-state index in [1.165, 1.54) is 0 Å². The number of hydrogen-bond donors (Lipinski definition) is 2. The molecule has 0 spiro atoms. The Morgan fingerprint density at radius 2 is 1.87 bits per heavy atom. The van der Waals surface area contributed by atoms with Crippen molar-refractivity contribution in [2.45, 2.75) is 13.3 Å². The molecule has 0 aliphatic carbocycles. The van der Waals surface area contributed by atoms with Gasteiger partial charge in [-0.2, -0.15) is 0 Å². The van der Waals surface area contributed by atoms with Crippen LogP contribution in [0.25, 0.3) is 0 Å². The maximum absolute atomic E-state index is 11.7. The van der Waals surface area contributed by atoms with Gasteiger partial charge in [0.2, 0.25) is 0 Å². The summed E-state index contributed by atoms with van der Waals surface area (Å²) in [5, 5.41) is 6.29. The smallest absolute Gasteiger partial charge is 0.314 e. The van der Waals surface area contributed by atoms with E-state index in [0.29, 0.717) is 26.1 Å². The molecule has 2 rings (SSSR count). The number of carbonyl (C=O) groups is 1. The Bertz CT molecular complexity index is 646. The molecule has 0 unspecified atom stereocenters. The van der Waals surface area contributed by atoms with Gasteiger partial charge in [-0.05, 0) is 42.7 Å². The summed E-state index contributed by atoms with van der Waals surface area (Å²) >= 11 is 6.07. The van der Waals surface area contributed by atoms with Crippen LogP contribution in [0.2, 0.25) is 5.02 Å². The van der Waals surface area contributed by atoms with Crippen molar-refractivity contribution < 1.29 is 9.53 Å². The van der Waals surface area contributed by atoms with Crippen LogP contribution in [-0.2, 0) is 6.42 Å². The monoisotopic (exact) mass is 332 g/mol. The van der Waals surface area contributed by atoms with Gasteiger partial charge in [-0.1, -0.05) is 41.9 Å². The van der Waals surface area contributed by atoms with Crippen LogP contribution in [0.15, 0.2) is 48.5 Å². The largest absolute Gasteiger partial charge is 0.492 e. The van der Waals surface area contributed by atoms with Gasteiger partial charge in [-0.25, -0.2) is 4.79 Å². The van der Waals surface area contributed by atoms with Crippen LogP contribution in [-0.4, -0.2) is 25.7 Å². The van der Waals surface area contributed by atoms with Gasteiger partial charge in [0.15, 0.2) is 0 Å². The number of ether oxygens (including phenoxy) is 1. The van der Waals surface area contributed by atoms with Gasteiger partial charge in [0.25, 0.3) is 0 Å². The standard InChI is InChI=1S/C18H21ClN2O2/c1-14-5-4-7-16(13-14)23-12-11-21-18(22)20-10-9-15-6-2-3-8-17(15)19/h2-8,13H,9-12H2,1H3,(H2,20,21,22). The highest BCUT2D eigenvalue weighted by atomic mass is 35.5. The maximum Gasteiger partial charge on any atom is 0.314 e. The summed E-state index contributed by atoms with van der Waals surface area (Å²) in [5.41, 5.74) is 2.17. The third-order valence-corrected chi connectivity index (χ3v) is 3.65. The van der Waals surface area contributed by atoms with Crippen LogP contribution >= 0.6 is 11.6 Å². The fourth-order valence-corrected chi connectivity index (χ4v) is 2.34. The Hall–Kier alpha value is -2.20. The molecule has 2 aromatic rings. The number of aryl methyl sites for hydroxylation is 1. The van der Waals surface area contributed by atoms with Crippen LogP contribution in [0.3, 0.4) is 0 Å². The number of halogens is 1. The van der Waals surface area contributed by atoms with E-state index < -0.39 is 0 Å². The number of hydrogen-bond acceptors (Lipinski definition) is 2. The molecule has 2 amide bonds. The Kier molecular flexibility index (Phi) is 6.76. The number of nitrogens with one attached hydrogen (secondary N) is 2. The van der Waals surface area contributed by atoms with Crippen molar-refractivity contribution in [1.29, 1.82) is 0 Å². The SMILES string of the molecule is Cc1cccc(OCCNC(=O)NCCc2ccccc2Cl)c1. The summed E-state index contributed by atoms with van der Waals surface area (Å²) in [7, 11) is 0. The molecule has 23 heavy (non-hydrogen) atoms. The van der Waals surface area contributed by atoms with Crippen molar-refractivity contribution >= 4 is 17.6 Å². The fraction of sp³-hybridized carbons (Fsp3) is 0.278. The molecule has 0 fully saturated rings. The molecule has 0 atom stereocenters. The number of rotatable bonds is 7. The van der Waals surface area contributed by atoms with Crippen molar-refractivity contribution in [1.82, 2.24) is 10.6 Å². The second-order valence-electron chi connectivity index (χ2n) is 5.19. The molecule has 0 radical (unpaired) electrons. The van der Waals surface area contributed by atoms with Gasteiger partial charge in [-0.15, -0.1) is 0 Å². The summed E-state index contributed by atoms with van der Waals surface area (Å²) in [6, 6.07) is 15.2. The molecule has 0 bridgehead atoms. The quantitative estimate of drug-likeness (QED) is 0.761. The Morgan fingerprint density at radius 3 is 2.65 bits per heavy atom. The molecule has 122 valence electrons. The first-order valence-corrected chi connectivity index (χ1v) is 7.97. The molecular formula is C18H21ClN2O2. The molecule has 0 saturated carbocycles. The van der Waals surface area contributed by atoms with Gasteiger partial charge in [0.1, 0.15) is 12.4 Å². The Morgan fingerprint density at radius 1 is 1.09 bits per heavy atom. The first-order valence-electron chi connectivity index (χ1n) is 7.60. The van der Waals surface area contributed by atoms with Gasteiger partial charge < -0.3 is 15.4 Å². The van der Waals surface area contributed by atoms with Crippen molar-refractivity contribution in [3.63, 3.8) is 0 Å². The zero-order valence-corrected chi connectivity index (χ0v) is 13.9. The number of amides is 2. The lowest BCUT2D eigenvalue weighted by molar-refractivity contribution is 0.236. The first-order chi connectivity index (χ1) is 11.1. The molecule has 0 saturated heterocycles. The van der Waals surface area contributed by atoms with E-state index in [-0.39, 0.29) is 6.03 Å². The van der Waals surface area contributed by atoms with Gasteiger partial charge in [0.05, 0.1) is 6.54 Å². The average molecular weight is 333 g/mol. The van der Waals surface area contributed by atoms with E-state index >= 15 is 0 Å². The van der Waals surface area contributed by atoms with E-state index in [4.69, 9.17) is 16.3 Å². The predicted octanol–water partition coefficient (Wildman–Crippen LogP) is 3.57. The number of carbonyl (C=O) groups excluding carboxylic acids is 1. The van der Waals surface area contributed by atoms with Crippen molar-refractivity contribution in [3.05, 3.63) is 64.7 Å². The summed E-state index contributed by atoms with van der Waals surface area (Å²) in [4.78, 5) is 11.7. The summed E-state index contributed by atoms with van der Waals surface area (Å²) < 4.78 is 5.57. The second kappa shape index (κ2) is 9.06. The minimum absolute atomic E-state index is 0.204. The molecule has 5 heteroatoms. The zero-order chi connectivity index (χ0) is 16.5. The van der Waals surface area contributed by atoms with Crippen LogP contribution in [0.5, 0.6) is 5.75 Å². The topological polar surface area (TPSA) is 50.4 Å². The fourth-order valence-electron chi connectivity index (χ4n) is 2.11.